The minimum atomic E-state index is -0.476. The molecule has 0 radical (unpaired) electrons. The molecular weight excluding hydrogens is 210 g/mol. The van der Waals surface area contributed by atoms with Crippen LogP contribution in [0.5, 0.6) is 0 Å². The third kappa shape index (κ3) is 2.10. The molecule has 5 heteroatoms. The van der Waals surface area contributed by atoms with Gasteiger partial charge >= 0.3 is 0 Å². The first-order chi connectivity index (χ1) is 7.72. The Labute approximate surface area is 93.6 Å². The summed E-state index contributed by atoms with van der Waals surface area (Å²) in [4.78, 5) is 13.1. The van der Waals surface area contributed by atoms with Crippen LogP contribution in [-0.4, -0.2) is 42.3 Å². The molecule has 1 unspecified atom stereocenters. The molecule has 2 heterocycles. The average molecular weight is 225 g/mol. The van der Waals surface area contributed by atoms with Crippen molar-refractivity contribution in [1.82, 2.24) is 4.90 Å². The van der Waals surface area contributed by atoms with Crippen LogP contribution < -0.4 is 0 Å². The lowest BCUT2D eigenvalue weighted by Gasteiger charge is -2.33. The van der Waals surface area contributed by atoms with E-state index in [9.17, 15) is 4.79 Å². The number of aliphatic hydroxyl groups is 1. The molecule has 1 amide bonds. The fraction of sp³-hybridized carbons (Fsp3) is 0.545. The highest BCUT2D eigenvalue weighted by Gasteiger charge is 2.30. The predicted octanol–water partition coefficient (Wildman–Crippen LogP) is 0.480. The van der Waals surface area contributed by atoms with Gasteiger partial charge in [-0.15, -0.1) is 0 Å². The second-order valence-electron chi connectivity index (χ2n) is 3.78. The van der Waals surface area contributed by atoms with Crippen molar-refractivity contribution in [2.75, 3.05) is 26.4 Å². The number of amides is 1. The van der Waals surface area contributed by atoms with E-state index in [-0.39, 0.29) is 11.9 Å². The number of hydrogen-bond acceptors (Lipinski definition) is 4. The van der Waals surface area contributed by atoms with Crippen LogP contribution in [-0.2, 0) is 9.53 Å². The maximum Gasteiger partial charge on any atom is 0.249 e. The number of aryl methyl sites for hydroxylation is 1. The van der Waals surface area contributed by atoms with E-state index in [0.717, 1.165) is 5.76 Å². The van der Waals surface area contributed by atoms with Gasteiger partial charge < -0.3 is 19.2 Å². The van der Waals surface area contributed by atoms with Crippen LogP contribution in [0, 0.1) is 6.92 Å². The molecule has 1 aromatic heterocycles. The molecule has 1 aromatic rings. The number of morpholine rings is 1. The van der Waals surface area contributed by atoms with Crippen LogP contribution in [0.25, 0.3) is 0 Å². The van der Waals surface area contributed by atoms with Crippen molar-refractivity contribution in [2.24, 2.45) is 0 Å². The smallest absolute Gasteiger partial charge is 0.249 e. The van der Waals surface area contributed by atoms with Crippen LogP contribution in [0.3, 0.4) is 0 Å². The molecule has 1 atom stereocenters. The first-order valence-electron chi connectivity index (χ1n) is 5.27. The zero-order valence-electron chi connectivity index (χ0n) is 9.18. The van der Waals surface area contributed by atoms with Crippen molar-refractivity contribution in [1.29, 1.82) is 0 Å². The van der Waals surface area contributed by atoms with Gasteiger partial charge in [0.25, 0.3) is 0 Å². The second-order valence-corrected chi connectivity index (χ2v) is 3.78. The Morgan fingerprint density at radius 1 is 1.62 bits per heavy atom. The molecule has 2 rings (SSSR count). The topological polar surface area (TPSA) is 62.9 Å². The Balaban J connectivity index is 2.19. The third-order valence-electron chi connectivity index (χ3n) is 2.67. The van der Waals surface area contributed by atoms with Gasteiger partial charge in [0.1, 0.15) is 24.2 Å². The molecule has 0 saturated carbocycles. The summed E-state index contributed by atoms with van der Waals surface area (Å²) in [5, 5.41) is 8.89. The first-order valence-corrected chi connectivity index (χ1v) is 5.27. The summed E-state index contributed by atoms with van der Waals surface area (Å²) in [6.07, 6.45) is 0. The van der Waals surface area contributed by atoms with Gasteiger partial charge in [0.15, 0.2) is 0 Å². The van der Waals surface area contributed by atoms with Crippen LogP contribution in [0.15, 0.2) is 16.5 Å². The summed E-state index contributed by atoms with van der Waals surface area (Å²) in [5.74, 6) is 1.22. The van der Waals surface area contributed by atoms with E-state index in [1.165, 1.54) is 0 Å². The molecule has 1 N–H and O–H groups in total. The van der Waals surface area contributed by atoms with Crippen LogP contribution in [0.2, 0.25) is 0 Å². The molecule has 0 spiro atoms. The summed E-state index contributed by atoms with van der Waals surface area (Å²) < 4.78 is 10.8. The van der Waals surface area contributed by atoms with Gasteiger partial charge in [0.05, 0.1) is 13.2 Å². The SMILES string of the molecule is Cc1ccc(C2COCCN2C(=O)CO)o1. The number of rotatable bonds is 2. The fourth-order valence-electron chi connectivity index (χ4n) is 1.86. The lowest BCUT2D eigenvalue weighted by atomic mass is 10.1. The van der Waals surface area contributed by atoms with Gasteiger partial charge in [0, 0.05) is 6.54 Å². The van der Waals surface area contributed by atoms with Gasteiger partial charge in [-0.05, 0) is 19.1 Å². The average Bonchev–Trinajstić information content (AvgIpc) is 2.75. The largest absolute Gasteiger partial charge is 0.464 e. The van der Waals surface area contributed by atoms with Crippen molar-refractivity contribution >= 4 is 5.91 Å². The number of nitrogens with zero attached hydrogens (tertiary/aromatic N) is 1. The van der Waals surface area contributed by atoms with Crippen LogP contribution in [0.1, 0.15) is 17.6 Å². The molecule has 1 aliphatic heterocycles. The molecule has 1 aliphatic rings. The van der Waals surface area contributed by atoms with E-state index in [4.69, 9.17) is 14.3 Å². The highest BCUT2D eigenvalue weighted by molar-refractivity contribution is 5.77. The zero-order valence-corrected chi connectivity index (χ0v) is 9.18. The Morgan fingerprint density at radius 3 is 3.06 bits per heavy atom. The monoisotopic (exact) mass is 225 g/mol. The molecule has 16 heavy (non-hydrogen) atoms. The van der Waals surface area contributed by atoms with Crippen molar-refractivity contribution in [3.05, 3.63) is 23.7 Å². The summed E-state index contributed by atoms with van der Waals surface area (Å²) in [5.41, 5.74) is 0. The number of hydrogen-bond donors (Lipinski definition) is 1. The summed E-state index contributed by atoms with van der Waals surface area (Å²) >= 11 is 0. The van der Waals surface area contributed by atoms with Crippen molar-refractivity contribution < 1.29 is 19.1 Å². The zero-order chi connectivity index (χ0) is 11.5. The van der Waals surface area contributed by atoms with Gasteiger partial charge in [-0.1, -0.05) is 0 Å². The van der Waals surface area contributed by atoms with Crippen molar-refractivity contribution in [3.8, 4) is 0 Å². The fourth-order valence-corrected chi connectivity index (χ4v) is 1.86. The van der Waals surface area contributed by atoms with E-state index in [1.54, 1.807) is 4.90 Å². The second kappa shape index (κ2) is 4.67. The van der Waals surface area contributed by atoms with E-state index >= 15 is 0 Å². The third-order valence-corrected chi connectivity index (χ3v) is 2.67. The highest BCUT2D eigenvalue weighted by Crippen LogP contribution is 2.25. The quantitative estimate of drug-likeness (QED) is 0.795. The molecule has 88 valence electrons. The number of furan rings is 1. The normalized spacial score (nSPS) is 21.1. The van der Waals surface area contributed by atoms with E-state index in [0.29, 0.717) is 25.5 Å². The van der Waals surface area contributed by atoms with E-state index in [1.807, 2.05) is 19.1 Å². The number of aliphatic hydroxyl groups excluding tert-OH is 1. The van der Waals surface area contributed by atoms with Crippen LogP contribution >= 0.6 is 0 Å². The number of ether oxygens (including phenoxy) is 1. The van der Waals surface area contributed by atoms with Gasteiger partial charge in [-0.2, -0.15) is 0 Å². The minimum Gasteiger partial charge on any atom is -0.464 e. The maximum atomic E-state index is 11.5. The predicted molar refractivity (Wildman–Crippen MR) is 55.8 cm³/mol. The molecule has 5 nitrogen and oxygen atoms in total. The molecule has 0 aromatic carbocycles. The van der Waals surface area contributed by atoms with Crippen LogP contribution in [0.4, 0.5) is 0 Å². The lowest BCUT2D eigenvalue weighted by molar-refractivity contribution is -0.144. The number of carbonyl (C=O) groups excluding carboxylic acids is 1. The lowest BCUT2D eigenvalue weighted by Crippen LogP contribution is -2.44. The molecule has 1 saturated heterocycles. The number of carbonyl (C=O) groups is 1. The first kappa shape index (κ1) is 11.2. The van der Waals surface area contributed by atoms with Crippen molar-refractivity contribution in [3.63, 3.8) is 0 Å². The van der Waals surface area contributed by atoms with Gasteiger partial charge in [0.2, 0.25) is 5.91 Å². The molecule has 0 aliphatic carbocycles. The maximum absolute atomic E-state index is 11.5. The van der Waals surface area contributed by atoms with Crippen molar-refractivity contribution in [2.45, 2.75) is 13.0 Å². The summed E-state index contributed by atoms with van der Waals surface area (Å²) in [6, 6.07) is 3.47. The van der Waals surface area contributed by atoms with E-state index < -0.39 is 6.61 Å². The molecular formula is C11H15NO4. The molecule has 1 fully saturated rings. The molecule has 0 bridgehead atoms. The Kier molecular flexibility index (Phi) is 3.26. The highest BCUT2D eigenvalue weighted by atomic mass is 16.5. The van der Waals surface area contributed by atoms with E-state index in [2.05, 4.69) is 0 Å². The minimum absolute atomic E-state index is 0.220. The summed E-state index contributed by atoms with van der Waals surface area (Å²) in [6.45, 7) is 2.78. The van der Waals surface area contributed by atoms with Gasteiger partial charge in [-0.25, -0.2) is 0 Å². The Bertz CT molecular complexity index is 374. The Morgan fingerprint density at radius 2 is 2.44 bits per heavy atom. The summed E-state index contributed by atoms with van der Waals surface area (Å²) in [7, 11) is 0. The standard InChI is InChI=1S/C11H15NO4/c1-8-2-3-10(16-8)9-7-15-5-4-12(9)11(14)6-13/h2-3,9,13H,4-7H2,1H3. The Hall–Kier alpha value is -1.33. The van der Waals surface area contributed by atoms with Gasteiger partial charge in [-0.3, -0.25) is 4.79 Å².